The first-order valence-corrected chi connectivity index (χ1v) is 42.0. The van der Waals surface area contributed by atoms with Crippen LogP contribution >= 0.6 is 0 Å². The van der Waals surface area contributed by atoms with Gasteiger partial charge in [-0.3, -0.25) is 0 Å². The molecule has 0 spiro atoms. The average molecular weight is 1590 g/mol. The minimum atomic E-state index is -0.231. The van der Waals surface area contributed by atoms with Crippen LogP contribution in [0.4, 0.5) is 0 Å². The van der Waals surface area contributed by atoms with Gasteiger partial charge >= 0.3 is 0 Å². The summed E-state index contributed by atoms with van der Waals surface area (Å²) in [5, 5.41) is 64.6. The van der Waals surface area contributed by atoms with Gasteiger partial charge in [0.1, 0.15) is 67.9 Å². The third-order valence-electron chi connectivity index (χ3n) is 21.3. The third-order valence-corrected chi connectivity index (χ3v) is 21.3. The lowest BCUT2D eigenvalue weighted by molar-refractivity contribution is 0.283. The van der Waals surface area contributed by atoms with E-state index in [1.54, 1.807) is 18.2 Å². The van der Waals surface area contributed by atoms with E-state index in [4.69, 9.17) is 44.8 Å². The summed E-state index contributed by atoms with van der Waals surface area (Å²) < 4.78 is 11.7. The van der Waals surface area contributed by atoms with Gasteiger partial charge in [-0.25, -0.2) is 29.9 Å². The smallest absolute Gasteiger partial charge is 0.167 e. The Kier molecular flexibility index (Phi) is 27.5. The predicted molar refractivity (Wildman–Crippen MR) is 481 cm³/mol. The number of rotatable bonds is 28. The van der Waals surface area contributed by atoms with E-state index in [2.05, 4.69) is 174 Å². The second kappa shape index (κ2) is 38.0. The van der Waals surface area contributed by atoms with Crippen molar-refractivity contribution in [2.75, 3.05) is 13.2 Å². The normalized spacial score (nSPS) is 11.8. The Bertz CT molecular complexity index is 5460. The molecule has 0 fully saturated rings. The second-order valence-electron chi connectivity index (χ2n) is 35.2. The minimum absolute atomic E-state index is 0.0702. The van der Waals surface area contributed by atoms with Crippen molar-refractivity contribution in [2.45, 2.75) is 205 Å². The molecule has 0 aliphatic heterocycles. The van der Waals surface area contributed by atoms with Gasteiger partial charge in [-0.2, -0.15) is 0 Å². The number of aromatic nitrogens is 12. The Morgan fingerprint density at radius 2 is 0.647 bits per heavy atom. The van der Waals surface area contributed by atoms with Crippen LogP contribution in [0.5, 0.6) is 34.5 Å². The Morgan fingerprint density at radius 1 is 0.328 bits per heavy atom. The molecule has 4 N–H and O–H groups in total. The number of ether oxygens (including phenoxy) is 2. The molecule has 18 heteroatoms. The molecule has 0 bridgehead atoms. The molecule has 10 aromatic carbocycles. The molecule has 18 nitrogen and oxygen atoms in total. The molecular formula is C101H116N12O6. The number of hydrogen-bond acceptors (Lipinski definition) is 16. The van der Waals surface area contributed by atoms with Crippen LogP contribution in [0.2, 0.25) is 0 Å². The molecule has 0 saturated heterocycles. The lowest BCUT2D eigenvalue weighted by Gasteiger charge is -2.34. The molecule has 0 radical (unpaired) electrons. The van der Waals surface area contributed by atoms with Gasteiger partial charge in [-0.1, -0.05) is 279 Å². The van der Waals surface area contributed by atoms with E-state index in [1.807, 2.05) is 140 Å². The standard InChI is InChI=1S/C41H50N6O2.C33H39N3O2.C27H27N3O2/c1-38(2,3)24-40(7,8)28-20-26(36(48)34(22-28)46-42-30-15-11-12-16-31(30)43-46)19-27-21-29(41(9,10)25-39(4,5)6)23-35(37(27)49)47-44-32-17-13-14-18-33(32)45-47;1-6-7-8-9-10-11-18-38-26-14-17-29(30(37)21-26)33-35-31(27-15-12-22(2)19-24(27)4)34-32(36-33)28-16-13-23(3)20-25(28)5;1-2-3-4-11-18-32-22-16-17-23(24(31)19-22)27-29-25(20-12-7-5-8-13-20)28-26(30-27)21-14-9-6-10-15-21/h11-18,20-23,48-49H,19,24-25H2,1-10H3;12-17,19-21,37H,6-11,18H2,1-5H3;5-10,12-17,19,31H,2-4,11,18H2,1H3. The van der Waals surface area contributed by atoms with Crippen LogP contribution in [0, 0.1) is 38.5 Å². The first kappa shape index (κ1) is 86.2. The highest BCUT2D eigenvalue weighted by Gasteiger charge is 2.33. The molecule has 0 amide bonds. The fourth-order valence-electron chi connectivity index (χ4n) is 15.9. The molecule has 4 heterocycles. The fraction of sp³-hybridized carbons (Fsp3) is 0.347. The van der Waals surface area contributed by atoms with Crippen LogP contribution in [0.3, 0.4) is 0 Å². The molecule has 0 aliphatic carbocycles. The zero-order valence-corrected chi connectivity index (χ0v) is 72.2. The summed E-state index contributed by atoms with van der Waals surface area (Å²) in [6.45, 7) is 36.4. The number of phenols is 4. The molecule has 4 aromatic heterocycles. The summed E-state index contributed by atoms with van der Waals surface area (Å²) in [7, 11) is 0. The van der Waals surface area contributed by atoms with Crippen molar-refractivity contribution in [3.05, 3.63) is 251 Å². The van der Waals surface area contributed by atoms with Gasteiger partial charge in [0.05, 0.1) is 24.3 Å². The summed E-state index contributed by atoms with van der Waals surface area (Å²) in [4.78, 5) is 31.6. The van der Waals surface area contributed by atoms with Gasteiger partial charge in [0.25, 0.3) is 0 Å². The molecule has 14 rings (SSSR count). The monoisotopic (exact) mass is 1590 g/mol. The van der Waals surface area contributed by atoms with E-state index in [9.17, 15) is 20.4 Å². The van der Waals surface area contributed by atoms with Crippen molar-refractivity contribution in [2.24, 2.45) is 10.8 Å². The molecule has 14 aromatic rings. The number of aromatic hydroxyl groups is 4. The number of fused-ring (bicyclic) bond motifs is 2. The van der Waals surface area contributed by atoms with E-state index < -0.39 is 0 Å². The van der Waals surface area contributed by atoms with Crippen LogP contribution in [-0.2, 0) is 17.3 Å². The van der Waals surface area contributed by atoms with E-state index in [0.717, 1.165) is 105 Å². The van der Waals surface area contributed by atoms with Gasteiger partial charge < -0.3 is 29.9 Å². The van der Waals surface area contributed by atoms with Gasteiger partial charge in [0, 0.05) is 51.9 Å². The maximum atomic E-state index is 12.0. The molecular weight excluding hydrogens is 1480 g/mol. The zero-order chi connectivity index (χ0) is 84.8. The Hall–Kier alpha value is -12.2. The van der Waals surface area contributed by atoms with Gasteiger partial charge in [-0.05, 0) is 158 Å². The maximum Gasteiger partial charge on any atom is 0.167 e. The highest BCUT2D eigenvalue weighted by molar-refractivity contribution is 5.77. The summed E-state index contributed by atoms with van der Waals surface area (Å²) in [6.07, 6.45) is 13.9. The molecule has 0 unspecified atom stereocenters. The lowest BCUT2D eigenvalue weighted by atomic mass is 9.71. The zero-order valence-electron chi connectivity index (χ0n) is 72.2. The average Bonchev–Trinajstić information content (AvgIpc) is 1.75. The number of phenolic OH excluding ortho intramolecular Hbond substituents is 4. The van der Waals surface area contributed by atoms with Crippen molar-refractivity contribution >= 4 is 22.1 Å². The number of hydrogen-bond donors (Lipinski definition) is 4. The van der Waals surface area contributed by atoms with Gasteiger partial charge in [-0.15, -0.1) is 30.0 Å². The van der Waals surface area contributed by atoms with Crippen LogP contribution in [0.15, 0.2) is 206 Å². The van der Waals surface area contributed by atoms with Crippen LogP contribution in [0.25, 0.3) is 102 Å². The molecule has 0 saturated carbocycles. The largest absolute Gasteiger partial charge is 0.507 e. The van der Waals surface area contributed by atoms with E-state index in [-0.39, 0.29) is 51.1 Å². The van der Waals surface area contributed by atoms with Crippen molar-refractivity contribution in [3.63, 3.8) is 0 Å². The number of aryl methyl sites for hydroxylation is 4. The number of unbranched alkanes of at least 4 members (excludes halogenated alkanes) is 8. The molecule has 119 heavy (non-hydrogen) atoms. The number of benzene rings is 10. The Labute approximate surface area is 702 Å². The molecule has 616 valence electrons. The van der Waals surface area contributed by atoms with Crippen molar-refractivity contribution in [1.29, 1.82) is 0 Å². The Morgan fingerprint density at radius 3 is 1.00 bits per heavy atom. The minimum Gasteiger partial charge on any atom is -0.507 e. The predicted octanol–water partition coefficient (Wildman–Crippen LogP) is 24.7. The van der Waals surface area contributed by atoms with Crippen molar-refractivity contribution < 1.29 is 29.9 Å². The summed E-state index contributed by atoms with van der Waals surface area (Å²) in [5.74, 6) is 4.79. The fourth-order valence-corrected chi connectivity index (χ4v) is 15.9. The van der Waals surface area contributed by atoms with Crippen molar-refractivity contribution in [1.82, 2.24) is 59.9 Å². The van der Waals surface area contributed by atoms with E-state index in [0.29, 0.717) is 93.3 Å². The molecule has 0 aliphatic rings. The topological polar surface area (TPSA) is 238 Å². The van der Waals surface area contributed by atoms with Crippen molar-refractivity contribution in [3.8, 4) is 114 Å². The van der Waals surface area contributed by atoms with Crippen LogP contribution in [0.1, 0.15) is 205 Å². The first-order chi connectivity index (χ1) is 56.9. The number of nitrogens with zero attached hydrogens (tertiary/aromatic N) is 12. The van der Waals surface area contributed by atoms with E-state index >= 15 is 0 Å². The summed E-state index contributed by atoms with van der Waals surface area (Å²) in [6, 6.07) is 66.3. The van der Waals surface area contributed by atoms with Gasteiger partial charge in [0.15, 0.2) is 34.9 Å². The summed E-state index contributed by atoms with van der Waals surface area (Å²) >= 11 is 0. The maximum absolute atomic E-state index is 12.0. The quantitative estimate of drug-likeness (QED) is 0.0334. The second-order valence-corrected chi connectivity index (χ2v) is 35.2. The third kappa shape index (κ3) is 22.4. The SMILES string of the molecule is CC(C)(C)CC(C)(C)c1cc(Cc2cc(C(C)(C)CC(C)(C)C)cc(-n3nc4ccccc4n3)c2O)c(O)c(-n2nc3ccccc3n2)c1.CCCCCCCCOc1ccc(-c2nc(-c3ccc(C)cc3C)nc(-c3ccc(C)cc3C)n2)c(O)c1.CCCCCCOc1ccc(-c2nc(-c3ccccc3)nc(-c3ccccc3)n2)c(O)c1. The summed E-state index contributed by atoms with van der Waals surface area (Å²) in [5.41, 5.74) is 16.5. The first-order valence-electron chi connectivity index (χ1n) is 42.0. The van der Waals surface area contributed by atoms with Crippen LogP contribution < -0.4 is 9.47 Å². The highest BCUT2D eigenvalue weighted by Crippen LogP contribution is 2.45. The van der Waals surface area contributed by atoms with Crippen LogP contribution in [-0.4, -0.2) is 93.5 Å². The lowest BCUT2D eigenvalue weighted by Crippen LogP contribution is -2.25. The Balaban J connectivity index is 0.000000168. The molecule has 0 atom stereocenters. The van der Waals surface area contributed by atoms with E-state index in [1.165, 1.54) is 59.2 Å². The van der Waals surface area contributed by atoms with Gasteiger partial charge in [0.2, 0.25) is 0 Å². The highest BCUT2D eigenvalue weighted by atomic mass is 16.5.